The first kappa shape index (κ1) is 14.6. The van der Waals surface area contributed by atoms with E-state index in [1.165, 1.54) is 11.1 Å². The predicted molar refractivity (Wildman–Crippen MR) is 90.2 cm³/mol. The lowest BCUT2D eigenvalue weighted by atomic mass is 9.83. The van der Waals surface area contributed by atoms with Gasteiger partial charge >= 0.3 is 0 Å². The Morgan fingerprint density at radius 2 is 1.88 bits per heavy atom. The number of nitrogens with one attached hydrogen (secondary N) is 2. The van der Waals surface area contributed by atoms with Gasteiger partial charge in [-0.05, 0) is 42.5 Å². The Balaban J connectivity index is 1.45. The number of amides is 1. The first-order chi connectivity index (χ1) is 11.8. The molecule has 2 aromatic heterocycles. The van der Waals surface area contributed by atoms with Crippen LogP contribution in [0.3, 0.4) is 0 Å². The standard InChI is InChI=1S/C18H17N5O/c24-17(15-6-5-12-3-1-2-4-14(12)11-15)21-18-20-16(22-23-18)13-7-9-19-10-8-13/h1-4,7-10,15H,5-6,11H2,(H2,20,21,22,23,24)/t15-/m1/s1. The van der Waals surface area contributed by atoms with E-state index in [1.54, 1.807) is 12.4 Å². The summed E-state index contributed by atoms with van der Waals surface area (Å²) in [6, 6.07) is 12.0. The summed E-state index contributed by atoms with van der Waals surface area (Å²) in [5.74, 6) is 0.948. The van der Waals surface area contributed by atoms with Gasteiger partial charge in [0.2, 0.25) is 11.9 Å². The number of fused-ring (bicyclic) bond motifs is 1. The minimum absolute atomic E-state index is 0.0121. The van der Waals surface area contributed by atoms with Crippen molar-refractivity contribution >= 4 is 11.9 Å². The number of pyridine rings is 1. The lowest BCUT2D eigenvalue weighted by molar-refractivity contribution is -0.120. The van der Waals surface area contributed by atoms with E-state index in [0.29, 0.717) is 11.8 Å². The van der Waals surface area contributed by atoms with Crippen molar-refractivity contribution in [2.24, 2.45) is 5.92 Å². The first-order valence-corrected chi connectivity index (χ1v) is 8.00. The van der Waals surface area contributed by atoms with Crippen LogP contribution in [0.25, 0.3) is 11.4 Å². The molecule has 0 radical (unpaired) electrons. The second-order valence-corrected chi connectivity index (χ2v) is 5.96. The SMILES string of the molecule is O=C(Nc1nnc(-c2ccncc2)[nH]1)[C@@H]1CCc2ccccc2C1. The number of hydrogen-bond acceptors (Lipinski definition) is 4. The van der Waals surface area contributed by atoms with Gasteiger partial charge < -0.3 is 4.98 Å². The van der Waals surface area contributed by atoms with Crippen LogP contribution >= 0.6 is 0 Å². The quantitative estimate of drug-likeness (QED) is 0.777. The smallest absolute Gasteiger partial charge is 0.230 e. The lowest BCUT2D eigenvalue weighted by Crippen LogP contribution is -2.28. The number of benzene rings is 1. The molecule has 0 saturated heterocycles. The minimum atomic E-state index is -0.0330. The molecule has 120 valence electrons. The highest BCUT2D eigenvalue weighted by Gasteiger charge is 2.25. The van der Waals surface area contributed by atoms with Gasteiger partial charge in [0, 0.05) is 23.9 Å². The number of nitrogens with zero attached hydrogens (tertiary/aromatic N) is 3. The average Bonchev–Trinajstić information content (AvgIpc) is 3.10. The topological polar surface area (TPSA) is 83.6 Å². The summed E-state index contributed by atoms with van der Waals surface area (Å²) in [4.78, 5) is 19.5. The molecule has 1 aliphatic carbocycles. The van der Waals surface area contributed by atoms with E-state index in [4.69, 9.17) is 0 Å². The summed E-state index contributed by atoms with van der Waals surface area (Å²) in [7, 11) is 0. The van der Waals surface area contributed by atoms with Crippen LogP contribution in [0, 0.1) is 5.92 Å². The highest BCUT2D eigenvalue weighted by Crippen LogP contribution is 2.26. The summed E-state index contributed by atoms with van der Waals surface area (Å²) in [6.45, 7) is 0. The Morgan fingerprint density at radius 3 is 2.71 bits per heavy atom. The van der Waals surface area contributed by atoms with E-state index in [2.05, 4.69) is 37.6 Å². The molecule has 6 nitrogen and oxygen atoms in total. The minimum Gasteiger partial charge on any atom is -0.307 e. The van der Waals surface area contributed by atoms with Gasteiger partial charge in [-0.25, -0.2) is 0 Å². The Labute approximate surface area is 139 Å². The monoisotopic (exact) mass is 319 g/mol. The van der Waals surface area contributed by atoms with Gasteiger partial charge in [0.05, 0.1) is 0 Å². The van der Waals surface area contributed by atoms with Crippen LogP contribution in [0.2, 0.25) is 0 Å². The summed E-state index contributed by atoms with van der Waals surface area (Å²) in [5, 5.41) is 10.9. The Kier molecular flexibility index (Phi) is 3.78. The number of aryl methyl sites for hydroxylation is 1. The number of hydrogen-bond donors (Lipinski definition) is 2. The van der Waals surface area contributed by atoms with E-state index in [9.17, 15) is 4.79 Å². The van der Waals surface area contributed by atoms with Crippen LogP contribution in [0.15, 0.2) is 48.8 Å². The van der Waals surface area contributed by atoms with Crippen LogP contribution in [-0.2, 0) is 17.6 Å². The fourth-order valence-electron chi connectivity index (χ4n) is 3.10. The second kappa shape index (κ2) is 6.23. The average molecular weight is 319 g/mol. The van der Waals surface area contributed by atoms with E-state index >= 15 is 0 Å². The van der Waals surface area contributed by atoms with Crippen LogP contribution in [-0.4, -0.2) is 26.1 Å². The predicted octanol–water partition coefficient (Wildman–Crippen LogP) is 2.61. The lowest BCUT2D eigenvalue weighted by Gasteiger charge is -2.23. The molecule has 0 bridgehead atoms. The molecular formula is C18H17N5O. The Hall–Kier alpha value is -3.02. The second-order valence-electron chi connectivity index (χ2n) is 5.96. The van der Waals surface area contributed by atoms with E-state index in [0.717, 1.165) is 24.8 Å². The largest absolute Gasteiger partial charge is 0.307 e. The maximum atomic E-state index is 12.5. The molecule has 1 atom stereocenters. The molecule has 0 aliphatic heterocycles. The van der Waals surface area contributed by atoms with E-state index in [-0.39, 0.29) is 11.8 Å². The molecule has 4 rings (SSSR count). The third kappa shape index (κ3) is 2.90. The zero-order valence-electron chi connectivity index (χ0n) is 13.1. The fraction of sp³-hybridized carbons (Fsp3) is 0.222. The van der Waals surface area contributed by atoms with Gasteiger partial charge in [0.25, 0.3) is 0 Å². The van der Waals surface area contributed by atoms with Gasteiger partial charge in [0.1, 0.15) is 0 Å². The number of aromatic amines is 1. The molecule has 1 aromatic carbocycles. The van der Waals surface area contributed by atoms with Crippen LogP contribution in [0.5, 0.6) is 0 Å². The zero-order chi connectivity index (χ0) is 16.4. The molecule has 3 aromatic rings. The molecule has 2 heterocycles. The highest BCUT2D eigenvalue weighted by molar-refractivity contribution is 5.91. The van der Waals surface area contributed by atoms with Crippen molar-refractivity contribution in [2.75, 3.05) is 5.32 Å². The summed E-state index contributed by atoms with van der Waals surface area (Å²) in [6.07, 6.45) is 5.94. The Morgan fingerprint density at radius 1 is 1.08 bits per heavy atom. The maximum Gasteiger partial charge on any atom is 0.230 e. The first-order valence-electron chi connectivity index (χ1n) is 8.00. The van der Waals surface area contributed by atoms with Crippen molar-refractivity contribution in [3.8, 4) is 11.4 Å². The summed E-state index contributed by atoms with van der Waals surface area (Å²) in [5.41, 5.74) is 3.49. The van der Waals surface area contributed by atoms with Crippen molar-refractivity contribution < 1.29 is 4.79 Å². The van der Waals surface area contributed by atoms with Crippen LogP contribution in [0.1, 0.15) is 17.5 Å². The van der Waals surface area contributed by atoms with Gasteiger partial charge in [-0.2, -0.15) is 0 Å². The van der Waals surface area contributed by atoms with Gasteiger partial charge in [0.15, 0.2) is 5.82 Å². The number of carbonyl (C=O) groups is 1. The molecule has 0 fully saturated rings. The van der Waals surface area contributed by atoms with Gasteiger partial charge in [-0.1, -0.05) is 24.3 Å². The normalized spacial score (nSPS) is 16.4. The van der Waals surface area contributed by atoms with Crippen LogP contribution in [0.4, 0.5) is 5.95 Å². The molecule has 0 unspecified atom stereocenters. The molecule has 2 N–H and O–H groups in total. The van der Waals surface area contributed by atoms with Crippen molar-refractivity contribution in [3.05, 3.63) is 59.9 Å². The number of carbonyl (C=O) groups excluding carboxylic acids is 1. The molecule has 0 spiro atoms. The van der Waals surface area contributed by atoms with E-state index in [1.807, 2.05) is 24.3 Å². The number of H-pyrrole nitrogens is 1. The summed E-state index contributed by atoms with van der Waals surface area (Å²) < 4.78 is 0. The van der Waals surface area contributed by atoms with Gasteiger partial charge in [-0.15, -0.1) is 10.2 Å². The highest BCUT2D eigenvalue weighted by atomic mass is 16.2. The molecule has 1 amide bonds. The molecule has 1 aliphatic rings. The number of anilines is 1. The van der Waals surface area contributed by atoms with E-state index < -0.39 is 0 Å². The van der Waals surface area contributed by atoms with Crippen molar-refractivity contribution in [1.82, 2.24) is 20.2 Å². The molecule has 24 heavy (non-hydrogen) atoms. The van der Waals surface area contributed by atoms with Crippen LogP contribution < -0.4 is 5.32 Å². The molecule has 0 saturated carbocycles. The van der Waals surface area contributed by atoms with Crippen molar-refractivity contribution in [3.63, 3.8) is 0 Å². The number of aromatic nitrogens is 4. The Bertz CT molecular complexity index is 859. The van der Waals surface area contributed by atoms with Gasteiger partial charge in [-0.3, -0.25) is 15.1 Å². The third-order valence-electron chi connectivity index (χ3n) is 4.40. The molecule has 6 heteroatoms. The summed E-state index contributed by atoms with van der Waals surface area (Å²) >= 11 is 0. The maximum absolute atomic E-state index is 12.5. The third-order valence-corrected chi connectivity index (χ3v) is 4.40. The molecular weight excluding hydrogens is 302 g/mol. The number of rotatable bonds is 3. The zero-order valence-corrected chi connectivity index (χ0v) is 13.1. The van der Waals surface area contributed by atoms with Crippen molar-refractivity contribution in [1.29, 1.82) is 0 Å². The fourth-order valence-corrected chi connectivity index (χ4v) is 3.10. The van der Waals surface area contributed by atoms with Crippen molar-refractivity contribution in [2.45, 2.75) is 19.3 Å².